The van der Waals surface area contributed by atoms with Crippen molar-refractivity contribution in [3.8, 4) is 5.75 Å². The summed E-state index contributed by atoms with van der Waals surface area (Å²) in [6.07, 6.45) is 2.40. The fourth-order valence-corrected chi connectivity index (χ4v) is 1.76. The molecule has 1 aromatic rings. The first-order valence-electron chi connectivity index (χ1n) is 6.05. The minimum atomic E-state index is 0.152. The molecule has 0 aliphatic carbocycles. The number of carbonyl (C=O) groups excluding carboxylic acids is 2. The number of ketones is 2. The lowest BCUT2D eigenvalue weighted by atomic mass is 10.0. The lowest BCUT2D eigenvalue weighted by Gasteiger charge is -2.09. The predicted octanol–water partition coefficient (Wildman–Crippen LogP) is 2.90. The molecule has 0 aliphatic rings. The van der Waals surface area contributed by atoms with Crippen molar-refractivity contribution in [1.29, 1.82) is 0 Å². The fourth-order valence-electron chi connectivity index (χ4n) is 1.76. The Labute approximate surface area is 108 Å². The van der Waals surface area contributed by atoms with Crippen LogP contribution in [0.25, 0.3) is 0 Å². The summed E-state index contributed by atoms with van der Waals surface area (Å²) in [7, 11) is 3.41. The van der Waals surface area contributed by atoms with E-state index in [2.05, 4.69) is 7.11 Å². The van der Waals surface area contributed by atoms with Crippen molar-refractivity contribution in [2.75, 3.05) is 0 Å². The molecule has 97 valence electrons. The van der Waals surface area contributed by atoms with E-state index in [0.717, 1.165) is 17.5 Å². The minimum Gasteiger partial charge on any atom is -0.490 e. The fraction of sp³-hybridized carbons (Fsp3) is 0.400. The monoisotopic (exact) mass is 247 g/mol. The van der Waals surface area contributed by atoms with E-state index >= 15 is 0 Å². The Morgan fingerprint density at radius 2 is 1.72 bits per heavy atom. The zero-order valence-electron chi connectivity index (χ0n) is 11.0. The number of carbonyl (C=O) groups is 2. The third-order valence-corrected chi connectivity index (χ3v) is 2.79. The van der Waals surface area contributed by atoms with Gasteiger partial charge in [-0.1, -0.05) is 12.1 Å². The Balaban J connectivity index is 2.80. The van der Waals surface area contributed by atoms with E-state index in [4.69, 9.17) is 4.74 Å². The van der Waals surface area contributed by atoms with E-state index in [1.165, 1.54) is 0 Å². The average molecular weight is 247 g/mol. The molecule has 1 radical (unpaired) electrons. The molecule has 0 aromatic heterocycles. The van der Waals surface area contributed by atoms with Gasteiger partial charge in [-0.05, 0) is 43.9 Å². The van der Waals surface area contributed by atoms with Gasteiger partial charge in [0, 0.05) is 12.8 Å². The van der Waals surface area contributed by atoms with Crippen LogP contribution in [0.1, 0.15) is 37.8 Å². The van der Waals surface area contributed by atoms with Crippen LogP contribution in [0.2, 0.25) is 0 Å². The van der Waals surface area contributed by atoms with Gasteiger partial charge >= 0.3 is 0 Å². The van der Waals surface area contributed by atoms with Crippen molar-refractivity contribution < 1.29 is 14.3 Å². The van der Waals surface area contributed by atoms with Crippen molar-refractivity contribution >= 4 is 11.6 Å². The smallest absolute Gasteiger partial charge is 0.130 e. The molecule has 0 amide bonds. The van der Waals surface area contributed by atoms with Gasteiger partial charge in [0.15, 0.2) is 0 Å². The zero-order valence-corrected chi connectivity index (χ0v) is 11.0. The third-order valence-electron chi connectivity index (χ3n) is 2.79. The summed E-state index contributed by atoms with van der Waals surface area (Å²) in [4.78, 5) is 22.0. The Morgan fingerprint density at radius 3 is 2.28 bits per heavy atom. The summed E-state index contributed by atoms with van der Waals surface area (Å²) in [5, 5.41) is 0. The maximum atomic E-state index is 11.0. The van der Waals surface area contributed by atoms with Crippen molar-refractivity contribution in [1.82, 2.24) is 0 Å². The van der Waals surface area contributed by atoms with Crippen LogP contribution in [0.5, 0.6) is 5.75 Å². The second-order valence-electron chi connectivity index (χ2n) is 4.49. The Kier molecular flexibility index (Phi) is 5.56. The predicted molar refractivity (Wildman–Crippen MR) is 70.4 cm³/mol. The van der Waals surface area contributed by atoms with Gasteiger partial charge in [0.25, 0.3) is 0 Å². The van der Waals surface area contributed by atoms with Gasteiger partial charge in [0.2, 0.25) is 0 Å². The highest BCUT2D eigenvalue weighted by molar-refractivity contribution is 5.76. The third kappa shape index (κ3) is 4.70. The minimum absolute atomic E-state index is 0.152. The van der Waals surface area contributed by atoms with Gasteiger partial charge in [0.1, 0.15) is 24.4 Å². The van der Waals surface area contributed by atoms with E-state index in [9.17, 15) is 9.59 Å². The molecule has 0 saturated heterocycles. The molecule has 0 atom stereocenters. The van der Waals surface area contributed by atoms with Gasteiger partial charge in [-0.15, -0.1) is 0 Å². The number of hydrogen-bond acceptors (Lipinski definition) is 3. The van der Waals surface area contributed by atoms with E-state index in [0.29, 0.717) is 25.0 Å². The summed E-state index contributed by atoms with van der Waals surface area (Å²) in [5.74, 6) is 1.03. The summed E-state index contributed by atoms with van der Waals surface area (Å²) in [6.45, 7) is 3.16. The molecule has 0 unspecified atom stereocenters. The van der Waals surface area contributed by atoms with Crippen LogP contribution in [-0.2, 0) is 22.4 Å². The molecule has 0 spiro atoms. The highest BCUT2D eigenvalue weighted by Crippen LogP contribution is 2.22. The molecule has 18 heavy (non-hydrogen) atoms. The van der Waals surface area contributed by atoms with Crippen LogP contribution in [0.3, 0.4) is 0 Å². The maximum Gasteiger partial charge on any atom is 0.130 e. The van der Waals surface area contributed by atoms with E-state index in [1.807, 2.05) is 18.2 Å². The van der Waals surface area contributed by atoms with Crippen LogP contribution in [0.15, 0.2) is 18.2 Å². The highest BCUT2D eigenvalue weighted by atomic mass is 16.5. The number of aryl methyl sites for hydroxylation is 2. The van der Waals surface area contributed by atoms with Gasteiger partial charge in [0.05, 0.1) is 0 Å². The molecule has 3 heteroatoms. The molecule has 1 rings (SSSR count). The first-order chi connectivity index (χ1) is 8.52. The van der Waals surface area contributed by atoms with Gasteiger partial charge in [-0.3, -0.25) is 0 Å². The first-order valence-corrected chi connectivity index (χ1v) is 6.05. The van der Waals surface area contributed by atoms with Crippen LogP contribution >= 0.6 is 0 Å². The lowest BCUT2D eigenvalue weighted by Crippen LogP contribution is -1.99. The Morgan fingerprint density at radius 1 is 1.11 bits per heavy atom. The molecular weight excluding hydrogens is 228 g/mol. The maximum absolute atomic E-state index is 11.0. The number of rotatable bonds is 7. The quantitative estimate of drug-likeness (QED) is 0.744. The van der Waals surface area contributed by atoms with Gasteiger partial charge in [-0.2, -0.15) is 0 Å². The number of benzene rings is 1. The van der Waals surface area contributed by atoms with Gasteiger partial charge in [-0.25, -0.2) is 0 Å². The van der Waals surface area contributed by atoms with E-state index < -0.39 is 0 Å². The van der Waals surface area contributed by atoms with E-state index in [1.54, 1.807) is 13.8 Å². The topological polar surface area (TPSA) is 43.4 Å². The standard InChI is InChI=1S/C15H19O3/c1-11(16)4-6-13-7-9-15(18-3)14(10-13)8-5-12(2)17/h7,9-10H,3-6,8H2,1-2H3. The molecule has 0 saturated carbocycles. The summed E-state index contributed by atoms with van der Waals surface area (Å²) in [5.41, 5.74) is 2.06. The second kappa shape index (κ2) is 6.94. The molecule has 0 aliphatic heterocycles. The second-order valence-corrected chi connectivity index (χ2v) is 4.49. The molecule has 3 nitrogen and oxygen atoms in total. The molecular formula is C15H19O3. The normalized spacial score (nSPS) is 10.2. The van der Waals surface area contributed by atoms with Crippen LogP contribution in [0.4, 0.5) is 0 Å². The number of ether oxygens (including phenoxy) is 1. The molecule has 1 aromatic carbocycles. The Bertz CT molecular complexity index is 435. The van der Waals surface area contributed by atoms with Gasteiger partial charge < -0.3 is 14.3 Å². The molecule has 0 N–H and O–H groups in total. The summed E-state index contributed by atoms with van der Waals surface area (Å²) in [6, 6.07) is 5.77. The van der Waals surface area contributed by atoms with Crippen molar-refractivity contribution in [2.24, 2.45) is 0 Å². The zero-order chi connectivity index (χ0) is 13.5. The van der Waals surface area contributed by atoms with E-state index in [-0.39, 0.29) is 11.6 Å². The van der Waals surface area contributed by atoms with Crippen molar-refractivity contribution in [3.05, 3.63) is 36.4 Å². The highest BCUT2D eigenvalue weighted by Gasteiger charge is 2.06. The molecule has 0 bridgehead atoms. The summed E-state index contributed by atoms with van der Waals surface area (Å²) < 4.78 is 5.03. The number of hydrogen-bond donors (Lipinski definition) is 0. The SMILES string of the molecule is [CH2]Oc1ccc(CCC(C)=O)cc1CCC(C)=O. The largest absolute Gasteiger partial charge is 0.490 e. The first kappa shape index (κ1) is 14.4. The van der Waals surface area contributed by atoms with Crippen LogP contribution in [0, 0.1) is 7.11 Å². The van der Waals surface area contributed by atoms with Crippen molar-refractivity contribution in [2.45, 2.75) is 39.5 Å². The summed E-state index contributed by atoms with van der Waals surface area (Å²) >= 11 is 0. The lowest BCUT2D eigenvalue weighted by molar-refractivity contribution is -0.117. The number of Topliss-reactive ketones (excluding diaryl/α,β-unsaturated/α-hetero) is 2. The average Bonchev–Trinajstić information content (AvgIpc) is 2.33. The van der Waals surface area contributed by atoms with Crippen LogP contribution in [-0.4, -0.2) is 11.6 Å². The Hall–Kier alpha value is -1.64. The molecule has 0 heterocycles. The van der Waals surface area contributed by atoms with Crippen LogP contribution < -0.4 is 4.74 Å². The molecule has 0 fully saturated rings. The van der Waals surface area contributed by atoms with Crippen molar-refractivity contribution in [3.63, 3.8) is 0 Å².